The van der Waals surface area contributed by atoms with E-state index in [1.165, 1.54) is 11.3 Å². The number of aliphatic hydroxyl groups is 1. The van der Waals surface area contributed by atoms with Gasteiger partial charge in [-0.25, -0.2) is 15.0 Å². The smallest absolute Gasteiger partial charge is 0.433 e. The van der Waals surface area contributed by atoms with E-state index in [9.17, 15) is 28.2 Å². The molecule has 11 heteroatoms. The van der Waals surface area contributed by atoms with E-state index in [-0.39, 0.29) is 17.8 Å². The van der Waals surface area contributed by atoms with E-state index < -0.39 is 29.4 Å². The maximum absolute atomic E-state index is 13.0. The van der Waals surface area contributed by atoms with Crippen molar-refractivity contribution in [3.05, 3.63) is 52.9 Å². The van der Waals surface area contributed by atoms with Gasteiger partial charge in [-0.05, 0) is 67.3 Å². The van der Waals surface area contributed by atoms with Crippen LogP contribution in [0.3, 0.4) is 0 Å². The number of anilines is 2. The Labute approximate surface area is 210 Å². The average Bonchev–Trinajstić information content (AvgIpc) is 3.30. The lowest BCUT2D eigenvalue weighted by atomic mass is 9.64. The zero-order valence-corrected chi connectivity index (χ0v) is 20.8. The van der Waals surface area contributed by atoms with E-state index in [0.717, 1.165) is 28.3 Å². The number of carboxylic acid groups (broad SMARTS) is 1. The van der Waals surface area contributed by atoms with E-state index in [1.807, 2.05) is 26.8 Å². The second kappa shape index (κ2) is 9.78. The molecule has 1 saturated carbocycles. The van der Waals surface area contributed by atoms with Gasteiger partial charge in [0.25, 0.3) is 0 Å². The summed E-state index contributed by atoms with van der Waals surface area (Å²) in [5.74, 6) is -1.97. The number of hydrogen-bond donors (Lipinski definition) is 3. The molecule has 3 aromatic rings. The van der Waals surface area contributed by atoms with Gasteiger partial charge in [-0.1, -0.05) is 19.9 Å². The second-order valence-electron chi connectivity index (χ2n) is 9.29. The molecule has 2 heterocycles. The minimum atomic E-state index is -4.58. The molecular formula is C25H27F3N4O3S. The number of hydrogen-bond acceptors (Lipinski definition) is 7. The minimum absolute atomic E-state index is 0.171. The van der Waals surface area contributed by atoms with Crippen LogP contribution in [0.5, 0.6) is 0 Å². The van der Waals surface area contributed by atoms with Crippen molar-refractivity contribution in [3.63, 3.8) is 0 Å². The van der Waals surface area contributed by atoms with Crippen molar-refractivity contribution in [2.75, 3.05) is 5.32 Å². The van der Waals surface area contributed by atoms with Crippen LogP contribution in [0.4, 0.5) is 24.8 Å². The molecule has 1 aliphatic carbocycles. The SMILES string of the molecule is CCC1C(C)C(C(=O)O)CCC1(O)c1ncc(-c2cc(C)cc(Nc3nccc(C(F)(F)F)n3)c2)s1. The fourth-order valence-electron chi connectivity index (χ4n) is 5.17. The summed E-state index contributed by atoms with van der Waals surface area (Å²) < 4.78 is 39.0. The number of nitrogens with zero attached hydrogens (tertiary/aromatic N) is 3. The molecule has 0 spiro atoms. The summed E-state index contributed by atoms with van der Waals surface area (Å²) >= 11 is 1.34. The fraction of sp³-hybridized carbons (Fsp3) is 0.440. The summed E-state index contributed by atoms with van der Waals surface area (Å²) in [6, 6.07) is 6.26. The van der Waals surface area contributed by atoms with Crippen LogP contribution < -0.4 is 5.32 Å². The minimum Gasteiger partial charge on any atom is -0.481 e. The normalized spacial score (nSPS) is 24.5. The van der Waals surface area contributed by atoms with Crippen LogP contribution in [0, 0.1) is 24.7 Å². The highest BCUT2D eigenvalue weighted by atomic mass is 32.1. The third kappa shape index (κ3) is 5.08. The summed E-state index contributed by atoms with van der Waals surface area (Å²) in [5, 5.41) is 24.6. The molecule has 36 heavy (non-hydrogen) atoms. The highest BCUT2D eigenvalue weighted by molar-refractivity contribution is 7.15. The Bertz CT molecular complexity index is 1270. The van der Waals surface area contributed by atoms with Gasteiger partial charge in [0.05, 0.1) is 10.8 Å². The van der Waals surface area contributed by atoms with Crippen LogP contribution in [0.2, 0.25) is 0 Å². The van der Waals surface area contributed by atoms with Crippen molar-refractivity contribution in [3.8, 4) is 10.4 Å². The van der Waals surface area contributed by atoms with Gasteiger partial charge in [0.1, 0.15) is 16.3 Å². The van der Waals surface area contributed by atoms with Crippen molar-refractivity contribution in [2.24, 2.45) is 17.8 Å². The molecule has 0 saturated heterocycles. The zero-order valence-electron chi connectivity index (χ0n) is 20.0. The number of halogens is 3. The molecule has 4 unspecified atom stereocenters. The summed E-state index contributed by atoms with van der Waals surface area (Å²) in [6.07, 6.45) is -0.561. The molecule has 1 aliphatic rings. The van der Waals surface area contributed by atoms with E-state index in [1.54, 1.807) is 18.3 Å². The number of benzene rings is 1. The predicted molar refractivity (Wildman–Crippen MR) is 130 cm³/mol. The van der Waals surface area contributed by atoms with Gasteiger partial charge in [-0.2, -0.15) is 13.2 Å². The highest BCUT2D eigenvalue weighted by Crippen LogP contribution is 2.50. The predicted octanol–water partition coefficient (Wildman–Crippen LogP) is 6.02. The van der Waals surface area contributed by atoms with Crippen molar-refractivity contribution in [1.82, 2.24) is 15.0 Å². The number of aliphatic carboxylic acids is 1. The second-order valence-corrected chi connectivity index (χ2v) is 10.3. The number of carboxylic acids is 1. The third-order valence-electron chi connectivity index (χ3n) is 6.92. The van der Waals surface area contributed by atoms with E-state index in [4.69, 9.17) is 0 Å². The number of rotatable bonds is 6. The molecule has 2 aromatic heterocycles. The Balaban J connectivity index is 1.62. The zero-order chi connectivity index (χ0) is 26.3. The first-order chi connectivity index (χ1) is 16.9. The molecule has 0 amide bonds. The lowest BCUT2D eigenvalue weighted by molar-refractivity contribution is -0.154. The van der Waals surface area contributed by atoms with Crippen molar-refractivity contribution >= 4 is 28.9 Å². The topological polar surface area (TPSA) is 108 Å². The first-order valence-electron chi connectivity index (χ1n) is 11.6. The van der Waals surface area contributed by atoms with Gasteiger partial charge in [0.2, 0.25) is 5.95 Å². The molecule has 4 rings (SSSR count). The maximum atomic E-state index is 13.0. The standard InChI is InChI=1S/C25H27F3N4O3S/c1-4-18-14(3)17(21(33)34)5-7-24(18,35)22-30-12-19(36-22)15-9-13(2)10-16(11-15)31-23-29-8-6-20(32-23)25(26,27)28/h6,8-12,14,17-18,35H,4-5,7H2,1-3H3,(H,33,34)(H,29,31,32). The molecular weight excluding hydrogens is 493 g/mol. The average molecular weight is 521 g/mol. The van der Waals surface area contributed by atoms with Gasteiger partial charge >= 0.3 is 12.1 Å². The maximum Gasteiger partial charge on any atom is 0.433 e. The number of aromatic nitrogens is 3. The van der Waals surface area contributed by atoms with Crippen LogP contribution in [0.15, 0.2) is 36.7 Å². The molecule has 1 aromatic carbocycles. The number of alkyl halides is 3. The van der Waals surface area contributed by atoms with E-state index >= 15 is 0 Å². The van der Waals surface area contributed by atoms with Crippen molar-refractivity contribution < 1.29 is 28.2 Å². The van der Waals surface area contributed by atoms with Crippen LogP contribution in [0.1, 0.15) is 49.4 Å². The summed E-state index contributed by atoms with van der Waals surface area (Å²) in [6.45, 7) is 5.68. The van der Waals surface area contributed by atoms with E-state index in [0.29, 0.717) is 30.0 Å². The lowest BCUT2D eigenvalue weighted by Crippen LogP contribution is -2.47. The molecule has 1 fully saturated rings. The quantitative estimate of drug-likeness (QED) is 0.365. The Morgan fingerprint density at radius 1 is 1.28 bits per heavy atom. The monoisotopic (exact) mass is 520 g/mol. The van der Waals surface area contributed by atoms with Gasteiger partial charge in [-0.3, -0.25) is 4.79 Å². The number of carbonyl (C=O) groups is 1. The Hall–Kier alpha value is -3.05. The van der Waals surface area contributed by atoms with Gasteiger partial charge < -0.3 is 15.5 Å². The summed E-state index contributed by atoms with van der Waals surface area (Å²) in [5.41, 5.74) is -0.111. The fourth-order valence-corrected chi connectivity index (χ4v) is 6.26. The first kappa shape index (κ1) is 26.0. The molecule has 4 atom stereocenters. The summed E-state index contributed by atoms with van der Waals surface area (Å²) in [7, 11) is 0. The van der Waals surface area contributed by atoms with Crippen LogP contribution in [-0.4, -0.2) is 31.1 Å². The van der Waals surface area contributed by atoms with Gasteiger partial charge in [0.15, 0.2) is 0 Å². The number of thiazole rings is 1. The molecule has 7 nitrogen and oxygen atoms in total. The Morgan fingerprint density at radius 3 is 2.69 bits per heavy atom. The number of aryl methyl sites for hydroxylation is 1. The number of nitrogens with one attached hydrogen (secondary N) is 1. The van der Waals surface area contributed by atoms with Crippen LogP contribution >= 0.6 is 11.3 Å². The molecule has 0 aliphatic heterocycles. The first-order valence-corrected chi connectivity index (χ1v) is 12.4. The lowest BCUT2D eigenvalue weighted by Gasteiger charge is -2.44. The Morgan fingerprint density at radius 2 is 2.03 bits per heavy atom. The molecule has 0 bridgehead atoms. The van der Waals surface area contributed by atoms with Gasteiger partial charge in [0, 0.05) is 18.1 Å². The van der Waals surface area contributed by atoms with Crippen LogP contribution in [0.25, 0.3) is 10.4 Å². The van der Waals surface area contributed by atoms with E-state index in [2.05, 4.69) is 20.3 Å². The molecule has 0 radical (unpaired) electrons. The molecule has 3 N–H and O–H groups in total. The summed E-state index contributed by atoms with van der Waals surface area (Å²) in [4.78, 5) is 24.4. The molecule has 192 valence electrons. The third-order valence-corrected chi connectivity index (χ3v) is 8.13. The van der Waals surface area contributed by atoms with Crippen molar-refractivity contribution in [2.45, 2.75) is 51.8 Å². The van der Waals surface area contributed by atoms with Crippen LogP contribution in [-0.2, 0) is 16.6 Å². The Kier molecular flexibility index (Phi) is 7.07. The largest absolute Gasteiger partial charge is 0.481 e. The highest BCUT2D eigenvalue weighted by Gasteiger charge is 2.50. The van der Waals surface area contributed by atoms with Crippen molar-refractivity contribution in [1.29, 1.82) is 0 Å². The van der Waals surface area contributed by atoms with Gasteiger partial charge in [-0.15, -0.1) is 11.3 Å².